The van der Waals surface area contributed by atoms with Gasteiger partial charge < -0.3 is 15.5 Å². The second kappa shape index (κ2) is 72.4. The predicted molar refractivity (Wildman–Crippen MR) is 359 cm³/mol. The van der Waals surface area contributed by atoms with Crippen LogP contribution in [0.3, 0.4) is 0 Å². The molecule has 0 aromatic carbocycles. The molecular weight excluding hydrogens is 975 g/mol. The van der Waals surface area contributed by atoms with Crippen molar-refractivity contribution in [2.75, 3.05) is 6.61 Å². The average Bonchev–Trinajstić information content (AvgIpc) is 3.46. The number of allylic oxidation sites excluding steroid dienone is 1. The summed E-state index contributed by atoms with van der Waals surface area (Å²) in [6.07, 6.45) is 97.7. The normalized spacial score (nSPS) is 12.6. The van der Waals surface area contributed by atoms with Crippen LogP contribution in [0.15, 0.2) is 12.2 Å². The Kier molecular flexibility index (Phi) is 71.6. The van der Waals surface area contributed by atoms with E-state index in [1.54, 1.807) is 6.08 Å². The minimum atomic E-state index is -0.838. The van der Waals surface area contributed by atoms with Crippen molar-refractivity contribution in [2.45, 2.75) is 463 Å². The molecule has 1 amide bonds. The standard InChI is InChI=1S/C76H151NO3/c1-3-5-7-9-11-13-15-17-19-21-23-25-27-29-31-33-34-35-36-37-38-39-40-41-42-44-46-48-50-52-54-56-58-60-62-64-66-68-70-72-76(80)77-74(73-78)75(79)71-69-67-65-63-61-59-57-55-53-51-49-47-45-43-32-30-28-26-24-22-20-18-16-14-12-10-8-6-4-2/h69,71,74-75,78-79H,3-68,70,72-73H2,1-2H3,(H,77,80)/b71-69+. The number of unbranched alkanes of at least 4 members (excludes halogenated alkanes) is 65. The average molecular weight is 1130 g/mol. The fraction of sp³-hybridized carbons (Fsp3) is 0.961. The van der Waals surface area contributed by atoms with Crippen molar-refractivity contribution in [3.63, 3.8) is 0 Å². The molecule has 0 fully saturated rings. The van der Waals surface area contributed by atoms with E-state index >= 15 is 0 Å². The Morgan fingerprint density at radius 3 is 0.650 bits per heavy atom. The van der Waals surface area contributed by atoms with E-state index in [1.807, 2.05) is 6.08 Å². The largest absolute Gasteiger partial charge is 0.394 e. The van der Waals surface area contributed by atoms with Crippen molar-refractivity contribution in [2.24, 2.45) is 0 Å². The van der Waals surface area contributed by atoms with E-state index in [-0.39, 0.29) is 12.5 Å². The van der Waals surface area contributed by atoms with Crippen molar-refractivity contribution in [1.29, 1.82) is 0 Å². The molecule has 0 bridgehead atoms. The predicted octanol–water partition coefficient (Wildman–Crippen LogP) is 25.9. The fourth-order valence-electron chi connectivity index (χ4n) is 12.5. The second-order valence-corrected chi connectivity index (χ2v) is 26.4. The Morgan fingerprint density at radius 1 is 0.287 bits per heavy atom. The summed E-state index contributed by atoms with van der Waals surface area (Å²) in [5, 5.41) is 23.3. The molecule has 0 aromatic heterocycles. The van der Waals surface area contributed by atoms with Gasteiger partial charge in [0.15, 0.2) is 0 Å². The smallest absolute Gasteiger partial charge is 0.220 e. The molecule has 4 nitrogen and oxygen atoms in total. The van der Waals surface area contributed by atoms with Crippen LogP contribution in [0.1, 0.15) is 450 Å². The van der Waals surface area contributed by atoms with Gasteiger partial charge >= 0.3 is 0 Å². The van der Waals surface area contributed by atoms with Gasteiger partial charge in [-0.25, -0.2) is 0 Å². The van der Waals surface area contributed by atoms with Crippen LogP contribution in [0, 0.1) is 0 Å². The topological polar surface area (TPSA) is 69.6 Å². The van der Waals surface area contributed by atoms with Gasteiger partial charge in [-0.1, -0.05) is 437 Å². The Morgan fingerprint density at radius 2 is 0.463 bits per heavy atom. The van der Waals surface area contributed by atoms with Gasteiger partial charge in [0.25, 0.3) is 0 Å². The van der Waals surface area contributed by atoms with E-state index in [4.69, 9.17) is 0 Å². The van der Waals surface area contributed by atoms with Gasteiger partial charge in [-0.15, -0.1) is 0 Å². The third kappa shape index (κ3) is 67.9. The Labute approximate surface area is 505 Å². The Bertz CT molecular complexity index is 1140. The molecule has 4 heteroatoms. The van der Waals surface area contributed by atoms with E-state index in [2.05, 4.69) is 19.2 Å². The van der Waals surface area contributed by atoms with Crippen LogP contribution in [-0.4, -0.2) is 34.9 Å². The molecule has 0 saturated carbocycles. The van der Waals surface area contributed by atoms with Crippen LogP contribution < -0.4 is 5.32 Å². The number of carbonyl (C=O) groups excluding carboxylic acids is 1. The third-order valence-corrected chi connectivity index (χ3v) is 18.3. The van der Waals surface area contributed by atoms with Gasteiger partial charge in [-0.2, -0.15) is 0 Å². The number of aliphatic hydroxyl groups excluding tert-OH is 2. The van der Waals surface area contributed by atoms with Crippen molar-refractivity contribution in [3.05, 3.63) is 12.2 Å². The van der Waals surface area contributed by atoms with E-state index in [0.717, 1.165) is 25.7 Å². The molecule has 478 valence electrons. The number of rotatable bonds is 72. The van der Waals surface area contributed by atoms with Crippen LogP contribution >= 0.6 is 0 Å². The molecule has 0 aliphatic rings. The zero-order valence-corrected chi connectivity index (χ0v) is 55.4. The molecule has 2 atom stereocenters. The van der Waals surface area contributed by atoms with Gasteiger partial charge in [0, 0.05) is 6.42 Å². The molecule has 0 aliphatic carbocycles. The maximum atomic E-state index is 12.6. The summed E-state index contributed by atoms with van der Waals surface area (Å²) < 4.78 is 0. The number of carbonyl (C=O) groups is 1. The number of amides is 1. The highest BCUT2D eigenvalue weighted by Crippen LogP contribution is 2.20. The molecule has 0 aliphatic heterocycles. The number of aliphatic hydroxyl groups is 2. The SMILES string of the molecule is CCCCCCCCCCCCCCCCCCCCCCCCCCCCC/C=C/C(O)C(CO)NC(=O)CCCCCCCCCCCCCCCCCCCCCCCCCCCCCCCCCCCCCCCCC. The van der Waals surface area contributed by atoms with Gasteiger partial charge in [-0.3, -0.25) is 4.79 Å². The Hall–Kier alpha value is -0.870. The molecule has 2 unspecified atom stereocenters. The van der Waals surface area contributed by atoms with E-state index in [9.17, 15) is 15.0 Å². The highest BCUT2D eigenvalue weighted by atomic mass is 16.3. The fourth-order valence-corrected chi connectivity index (χ4v) is 12.5. The Balaban J connectivity index is 3.36. The van der Waals surface area contributed by atoms with Crippen LogP contribution in [0.25, 0.3) is 0 Å². The summed E-state index contributed by atoms with van der Waals surface area (Å²) in [5.74, 6) is -0.0522. The summed E-state index contributed by atoms with van der Waals surface area (Å²) in [5.41, 5.74) is 0. The van der Waals surface area contributed by atoms with Gasteiger partial charge in [0.1, 0.15) is 0 Å². The van der Waals surface area contributed by atoms with Crippen molar-refractivity contribution >= 4 is 5.91 Å². The lowest BCUT2D eigenvalue weighted by atomic mass is 10.0. The molecule has 0 rings (SSSR count). The first-order valence-corrected chi connectivity index (χ1v) is 37.9. The molecule has 0 radical (unpaired) electrons. The molecular formula is C76H151NO3. The minimum Gasteiger partial charge on any atom is -0.394 e. The minimum absolute atomic E-state index is 0.0522. The molecule has 0 saturated heterocycles. The first kappa shape index (κ1) is 79.1. The van der Waals surface area contributed by atoms with E-state index in [0.29, 0.717) is 6.42 Å². The zero-order valence-electron chi connectivity index (χ0n) is 55.4. The second-order valence-electron chi connectivity index (χ2n) is 26.4. The first-order valence-electron chi connectivity index (χ1n) is 37.9. The van der Waals surface area contributed by atoms with Crippen LogP contribution in [0.4, 0.5) is 0 Å². The maximum Gasteiger partial charge on any atom is 0.220 e. The van der Waals surface area contributed by atoms with Crippen LogP contribution in [-0.2, 0) is 4.79 Å². The molecule has 0 spiro atoms. The van der Waals surface area contributed by atoms with Gasteiger partial charge in [0.05, 0.1) is 18.8 Å². The molecule has 0 heterocycles. The van der Waals surface area contributed by atoms with Crippen molar-refractivity contribution in [3.8, 4) is 0 Å². The molecule has 3 N–H and O–H groups in total. The van der Waals surface area contributed by atoms with Crippen molar-refractivity contribution in [1.82, 2.24) is 5.32 Å². The lowest BCUT2D eigenvalue weighted by Crippen LogP contribution is -2.45. The van der Waals surface area contributed by atoms with Crippen LogP contribution in [0.5, 0.6) is 0 Å². The lowest BCUT2D eigenvalue weighted by Gasteiger charge is -2.20. The number of hydrogen-bond acceptors (Lipinski definition) is 3. The summed E-state index contributed by atoms with van der Waals surface area (Å²) in [4.78, 5) is 12.6. The maximum absolute atomic E-state index is 12.6. The van der Waals surface area contributed by atoms with E-state index < -0.39 is 12.1 Å². The monoisotopic (exact) mass is 1130 g/mol. The highest BCUT2D eigenvalue weighted by Gasteiger charge is 2.18. The lowest BCUT2D eigenvalue weighted by molar-refractivity contribution is -0.123. The highest BCUT2D eigenvalue weighted by molar-refractivity contribution is 5.76. The van der Waals surface area contributed by atoms with Gasteiger partial charge in [0.2, 0.25) is 5.91 Å². The first-order chi connectivity index (χ1) is 39.7. The summed E-state index contributed by atoms with van der Waals surface area (Å²) in [6.45, 7) is 4.37. The van der Waals surface area contributed by atoms with Gasteiger partial charge in [-0.05, 0) is 19.3 Å². The third-order valence-electron chi connectivity index (χ3n) is 18.3. The summed E-state index contributed by atoms with van der Waals surface area (Å²) >= 11 is 0. The van der Waals surface area contributed by atoms with E-state index in [1.165, 1.54) is 405 Å². The zero-order chi connectivity index (χ0) is 57.6. The number of nitrogens with one attached hydrogen (secondary N) is 1. The number of hydrogen-bond donors (Lipinski definition) is 3. The van der Waals surface area contributed by atoms with Crippen LogP contribution in [0.2, 0.25) is 0 Å². The quantitative estimate of drug-likeness (QED) is 0.0420. The summed E-state index contributed by atoms with van der Waals surface area (Å²) in [7, 11) is 0. The summed E-state index contributed by atoms with van der Waals surface area (Å²) in [6, 6.07) is -0.620. The molecule has 0 aromatic rings. The van der Waals surface area contributed by atoms with Crippen molar-refractivity contribution < 1.29 is 15.0 Å². The molecule has 80 heavy (non-hydrogen) atoms.